The molecule has 0 spiro atoms. The number of benzene rings is 1. The molecule has 0 aliphatic carbocycles. The molecule has 0 bridgehead atoms. The summed E-state index contributed by atoms with van der Waals surface area (Å²) in [6, 6.07) is 7.20. The summed E-state index contributed by atoms with van der Waals surface area (Å²) in [5, 5.41) is 30.0. The molecule has 0 amide bonds. The molecule has 1 fully saturated rings. The number of alkyl halides is 1. The maximum Gasteiger partial charge on any atom is 0.178 e. The molecule has 172 valence electrons. The molecule has 0 saturated carbocycles. The van der Waals surface area contributed by atoms with Crippen molar-refractivity contribution in [1.82, 2.24) is 30.2 Å². The molecule has 5 heterocycles. The molecule has 3 aromatic heterocycles. The molecule has 1 aromatic carbocycles. The number of hydrogen-bond donors (Lipinski definition) is 2. The largest absolute Gasteiger partial charge is 0.504 e. The first kappa shape index (κ1) is 20.4. The number of para-hydroxylation sites is 1. The lowest BCUT2D eigenvalue weighted by Crippen LogP contribution is -2.54. The van der Waals surface area contributed by atoms with E-state index in [1.54, 1.807) is 22.9 Å². The Kier molecular flexibility index (Phi) is 4.44. The van der Waals surface area contributed by atoms with Gasteiger partial charge < -0.3 is 15.3 Å². The van der Waals surface area contributed by atoms with Crippen molar-refractivity contribution in [2.75, 3.05) is 30.0 Å². The Morgan fingerprint density at radius 3 is 2.97 bits per heavy atom. The van der Waals surface area contributed by atoms with Crippen LogP contribution in [-0.4, -0.2) is 66.9 Å². The zero-order chi connectivity index (χ0) is 23.4. The van der Waals surface area contributed by atoms with E-state index < -0.39 is 23.8 Å². The van der Waals surface area contributed by atoms with Crippen LogP contribution in [0.3, 0.4) is 0 Å². The summed E-state index contributed by atoms with van der Waals surface area (Å²) in [4.78, 5) is 17.3. The number of carbonyl (C=O) groups is 1. The SMILES string of the molecule is O=Cc1cnc2c(c1)nnn2[C@H]1CN2c3cc(-c4cccc(F)c4O)nnc3NC[C@@]2(CF)C1. The standard InChI is InChI=1S/C22H18F2N8O2/c23-10-22-6-13(32-21-17(28-30-32)4-12(9-33)7-25-21)8-31(22)18-5-16(27-29-20(18)26-11-22)14-2-1-3-15(24)19(14)34/h1-5,7,9,13,34H,6,8,10-11H2,(H,26,29)/t13-,22+/m1/s1. The fourth-order valence-corrected chi connectivity index (χ4v) is 4.85. The zero-order valence-electron chi connectivity index (χ0n) is 17.7. The van der Waals surface area contributed by atoms with Gasteiger partial charge in [-0.25, -0.2) is 18.4 Å². The van der Waals surface area contributed by atoms with Crippen molar-refractivity contribution < 1.29 is 18.7 Å². The van der Waals surface area contributed by atoms with Gasteiger partial charge in [0.15, 0.2) is 29.3 Å². The third kappa shape index (κ3) is 2.91. The first-order valence-corrected chi connectivity index (χ1v) is 10.6. The lowest BCUT2D eigenvalue weighted by atomic mass is 9.94. The summed E-state index contributed by atoms with van der Waals surface area (Å²) in [5.74, 6) is -0.814. The highest BCUT2D eigenvalue weighted by molar-refractivity contribution is 5.82. The van der Waals surface area contributed by atoms with Crippen LogP contribution in [0.4, 0.5) is 20.3 Å². The number of anilines is 2. The average Bonchev–Trinajstić information content (AvgIpc) is 3.47. The Bertz CT molecular complexity index is 1440. The number of halogens is 2. The van der Waals surface area contributed by atoms with Crippen molar-refractivity contribution in [2.45, 2.75) is 18.0 Å². The number of hydrogen-bond acceptors (Lipinski definition) is 9. The Morgan fingerprint density at radius 2 is 2.15 bits per heavy atom. The van der Waals surface area contributed by atoms with Gasteiger partial charge in [-0.1, -0.05) is 11.3 Å². The topological polar surface area (TPSA) is 122 Å². The second-order valence-electron chi connectivity index (χ2n) is 8.54. The van der Waals surface area contributed by atoms with Gasteiger partial charge in [0.1, 0.15) is 12.2 Å². The van der Waals surface area contributed by atoms with E-state index in [4.69, 9.17) is 0 Å². The molecular formula is C22H18F2N8O2. The molecule has 0 unspecified atom stereocenters. The van der Waals surface area contributed by atoms with Crippen LogP contribution in [0.5, 0.6) is 5.75 Å². The van der Waals surface area contributed by atoms with Gasteiger partial charge in [-0.15, -0.1) is 15.3 Å². The number of phenols is 1. The lowest BCUT2D eigenvalue weighted by molar-refractivity contribution is 0.112. The molecule has 2 atom stereocenters. The van der Waals surface area contributed by atoms with Crippen LogP contribution >= 0.6 is 0 Å². The molecule has 10 nitrogen and oxygen atoms in total. The Labute approximate surface area is 191 Å². The summed E-state index contributed by atoms with van der Waals surface area (Å²) in [6.45, 7) is 0.0736. The smallest absolute Gasteiger partial charge is 0.178 e. The average molecular weight is 464 g/mol. The van der Waals surface area contributed by atoms with Gasteiger partial charge in [-0.3, -0.25) is 4.79 Å². The highest BCUT2D eigenvalue weighted by Gasteiger charge is 2.50. The normalized spacial score (nSPS) is 21.2. The molecule has 34 heavy (non-hydrogen) atoms. The summed E-state index contributed by atoms with van der Waals surface area (Å²) in [6.07, 6.45) is 2.57. The van der Waals surface area contributed by atoms with Crippen molar-refractivity contribution in [3.8, 4) is 17.0 Å². The zero-order valence-corrected chi connectivity index (χ0v) is 17.7. The van der Waals surface area contributed by atoms with Gasteiger partial charge >= 0.3 is 0 Å². The summed E-state index contributed by atoms with van der Waals surface area (Å²) in [5.41, 5.74) is 1.58. The van der Waals surface area contributed by atoms with Gasteiger partial charge in [-0.2, -0.15) is 0 Å². The van der Waals surface area contributed by atoms with Crippen LogP contribution in [0, 0.1) is 5.82 Å². The van der Waals surface area contributed by atoms with Gasteiger partial charge in [0.25, 0.3) is 0 Å². The van der Waals surface area contributed by atoms with E-state index in [9.17, 15) is 18.7 Å². The quantitative estimate of drug-likeness (QED) is 0.439. The van der Waals surface area contributed by atoms with E-state index in [0.717, 1.165) is 6.07 Å². The van der Waals surface area contributed by atoms with Gasteiger partial charge in [0.2, 0.25) is 0 Å². The highest BCUT2D eigenvalue weighted by Crippen LogP contribution is 2.46. The predicted molar refractivity (Wildman–Crippen MR) is 118 cm³/mol. The van der Waals surface area contributed by atoms with Gasteiger partial charge in [0.05, 0.1) is 23.0 Å². The van der Waals surface area contributed by atoms with Crippen LogP contribution in [0.1, 0.15) is 22.8 Å². The van der Waals surface area contributed by atoms with E-state index in [2.05, 4.69) is 30.8 Å². The number of rotatable bonds is 4. The van der Waals surface area contributed by atoms with Crippen molar-refractivity contribution in [3.05, 3.63) is 47.9 Å². The monoisotopic (exact) mass is 464 g/mol. The molecular weight excluding hydrogens is 446 g/mol. The van der Waals surface area contributed by atoms with E-state index in [-0.39, 0.29) is 17.3 Å². The number of carbonyl (C=O) groups excluding carboxylic acids is 1. The lowest BCUT2D eigenvalue weighted by Gasteiger charge is -2.42. The molecule has 2 aliphatic heterocycles. The molecule has 1 saturated heterocycles. The third-order valence-corrected chi connectivity index (χ3v) is 6.56. The van der Waals surface area contributed by atoms with Gasteiger partial charge in [-0.05, 0) is 30.7 Å². The summed E-state index contributed by atoms with van der Waals surface area (Å²) >= 11 is 0. The maximum atomic E-state index is 14.6. The summed E-state index contributed by atoms with van der Waals surface area (Å²) < 4.78 is 30.1. The molecule has 6 rings (SSSR count). The van der Waals surface area contributed by atoms with Crippen LogP contribution < -0.4 is 10.2 Å². The first-order chi connectivity index (χ1) is 16.5. The summed E-state index contributed by atoms with van der Waals surface area (Å²) in [7, 11) is 0. The van der Waals surface area contributed by atoms with Crippen molar-refractivity contribution >= 4 is 29.0 Å². The van der Waals surface area contributed by atoms with Crippen LogP contribution in [0.25, 0.3) is 22.4 Å². The van der Waals surface area contributed by atoms with Crippen molar-refractivity contribution in [3.63, 3.8) is 0 Å². The minimum absolute atomic E-state index is 0.194. The highest BCUT2D eigenvalue weighted by atomic mass is 19.1. The minimum Gasteiger partial charge on any atom is -0.504 e. The third-order valence-electron chi connectivity index (χ3n) is 6.56. The van der Waals surface area contributed by atoms with Crippen molar-refractivity contribution in [2.24, 2.45) is 0 Å². The fourth-order valence-electron chi connectivity index (χ4n) is 4.85. The number of nitrogens with zero attached hydrogens (tertiary/aromatic N) is 7. The predicted octanol–water partition coefficient (Wildman–Crippen LogP) is 2.53. The molecule has 12 heteroatoms. The number of aromatic hydroxyl groups is 1. The van der Waals surface area contributed by atoms with Crippen LogP contribution in [0.15, 0.2) is 36.5 Å². The molecule has 2 N–H and O–H groups in total. The Balaban J connectivity index is 1.41. The number of aromatic nitrogens is 6. The van der Waals surface area contributed by atoms with Crippen molar-refractivity contribution in [1.29, 1.82) is 0 Å². The maximum absolute atomic E-state index is 14.6. The van der Waals surface area contributed by atoms with Crippen LogP contribution in [-0.2, 0) is 0 Å². The fraction of sp³-hybridized carbons (Fsp3) is 0.273. The second kappa shape index (κ2) is 7.40. The number of pyridine rings is 1. The molecule has 0 radical (unpaired) electrons. The molecule has 2 aliphatic rings. The minimum atomic E-state index is -0.872. The Hall–Kier alpha value is -4.22. The van der Waals surface area contributed by atoms with Gasteiger partial charge in [0, 0.05) is 30.4 Å². The van der Waals surface area contributed by atoms with E-state index in [0.29, 0.717) is 54.0 Å². The molecule has 4 aromatic rings. The Morgan fingerprint density at radius 1 is 1.26 bits per heavy atom. The second-order valence-corrected chi connectivity index (χ2v) is 8.54. The van der Waals surface area contributed by atoms with Crippen LogP contribution in [0.2, 0.25) is 0 Å². The number of fused-ring (bicyclic) bond motifs is 4. The van der Waals surface area contributed by atoms with E-state index in [1.165, 1.54) is 12.3 Å². The number of nitrogens with one attached hydrogen (secondary N) is 1. The van der Waals surface area contributed by atoms with E-state index >= 15 is 0 Å². The first-order valence-electron chi connectivity index (χ1n) is 10.6. The number of phenolic OH excluding ortho intramolecular Hbond substituents is 1. The van der Waals surface area contributed by atoms with E-state index in [1.807, 2.05) is 4.90 Å². The number of aldehydes is 1.